The summed E-state index contributed by atoms with van der Waals surface area (Å²) < 4.78 is 27.1. The van der Waals surface area contributed by atoms with Crippen LogP contribution in [0.15, 0.2) is 53.4 Å². The highest BCUT2D eigenvalue weighted by atomic mass is 35.5. The minimum atomic E-state index is -3.81. The molecule has 0 atom stereocenters. The van der Waals surface area contributed by atoms with Crippen LogP contribution < -0.4 is 10.5 Å². The molecule has 142 valence electrons. The first-order valence-corrected chi connectivity index (χ1v) is 9.68. The Morgan fingerprint density at radius 3 is 2.41 bits per heavy atom. The van der Waals surface area contributed by atoms with Crippen LogP contribution in [0.5, 0.6) is 0 Å². The topological polar surface area (TPSA) is 116 Å². The molecule has 0 unspecified atom stereocenters. The molecule has 0 bridgehead atoms. The molecule has 0 heterocycles. The smallest absolute Gasteiger partial charge is 0.331 e. The lowest BCUT2D eigenvalue weighted by molar-refractivity contribution is -0.142. The van der Waals surface area contributed by atoms with Crippen molar-refractivity contribution in [2.75, 3.05) is 11.9 Å². The van der Waals surface area contributed by atoms with Crippen LogP contribution in [0.1, 0.15) is 5.56 Å². The quantitative estimate of drug-likeness (QED) is 0.541. The number of rotatable bonds is 6. The first-order valence-electron chi connectivity index (χ1n) is 7.38. The molecule has 27 heavy (non-hydrogen) atoms. The molecule has 0 aliphatic carbocycles. The minimum Gasteiger partial charge on any atom is -0.452 e. The van der Waals surface area contributed by atoms with Gasteiger partial charge in [0, 0.05) is 11.8 Å². The lowest BCUT2D eigenvalue weighted by Gasteiger charge is -2.06. The average molecular weight is 429 g/mol. The maximum absolute atomic E-state index is 11.8. The van der Waals surface area contributed by atoms with Crippen LogP contribution in [0.2, 0.25) is 10.0 Å². The monoisotopic (exact) mass is 428 g/mol. The molecular formula is C17H14Cl2N2O5S. The van der Waals surface area contributed by atoms with Gasteiger partial charge in [0.25, 0.3) is 5.91 Å². The van der Waals surface area contributed by atoms with Crippen LogP contribution in [-0.4, -0.2) is 26.9 Å². The van der Waals surface area contributed by atoms with E-state index in [2.05, 4.69) is 5.32 Å². The summed E-state index contributed by atoms with van der Waals surface area (Å²) in [5.74, 6) is -1.34. The van der Waals surface area contributed by atoms with Crippen LogP contribution in [-0.2, 0) is 24.3 Å². The number of anilines is 1. The van der Waals surface area contributed by atoms with Crippen LogP contribution >= 0.6 is 23.2 Å². The molecule has 0 fully saturated rings. The van der Waals surface area contributed by atoms with E-state index in [1.807, 2.05) is 0 Å². The summed E-state index contributed by atoms with van der Waals surface area (Å²) in [7, 11) is -3.81. The van der Waals surface area contributed by atoms with Crippen molar-refractivity contribution >= 4 is 56.9 Å². The Bertz CT molecular complexity index is 989. The van der Waals surface area contributed by atoms with E-state index in [1.54, 1.807) is 18.2 Å². The van der Waals surface area contributed by atoms with Gasteiger partial charge in [0.1, 0.15) is 0 Å². The van der Waals surface area contributed by atoms with Gasteiger partial charge in [0.2, 0.25) is 10.0 Å². The maximum Gasteiger partial charge on any atom is 0.331 e. The van der Waals surface area contributed by atoms with E-state index in [0.717, 1.165) is 6.08 Å². The summed E-state index contributed by atoms with van der Waals surface area (Å²) in [6.45, 7) is -0.524. The van der Waals surface area contributed by atoms with Crippen molar-refractivity contribution in [3.63, 3.8) is 0 Å². The highest BCUT2D eigenvalue weighted by molar-refractivity contribution is 7.89. The molecule has 1 amide bonds. The normalized spacial score (nSPS) is 11.4. The second kappa shape index (κ2) is 9.01. The standard InChI is InChI=1S/C17H14Cl2N2O5S/c18-14-3-1-2-11(17(14)19)4-9-16(23)26-10-15(22)21-12-5-7-13(8-6-12)27(20,24)25/h1-9H,10H2,(H,21,22)(H2,20,24,25)/b9-4+. The highest BCUT2D eigenvalue weighted by Crippen LogP contribution is 2.26. The van der Waals surface area contributed by atoms with Crippen LogP contribution in [0.3, 0.4) is 0 Å². The van der Waals surface area contributed by atoms with E-state index in [-0.39, 0.29) is 4.90 Å². The molecule has 7 nitrogen and oxygen atoms in total. The first-order chi connectivity index (χ1) is 12.7. The van der Waals surface area contributed by atoms with Gasteiger partial charge < -0.3 is 10.1 Å². The number of primary sulfonamides is 1. The zero-order valence-electron chi connectivity index (χ0n) is 13.7. The minimum absolute atomic E-state index is 0.0864. The number of hydrogen-bond donors (Lipinski definition) is 2. The molecule has 2 rings (SSSR count). The zero-order valence-corrected chi connectivity index (χ0v) is 16.0. The molecule has 0 aromatic heterocycles. The zero-order chi connectivity index (χ0) is 20.0. The van der Waals surface area contributed by atoms with E-state index in [0.29, 0.717) is 21.3 Å². The fraction of sp³-hybridized carbons (Fsp3) is 0.0588. The van der Waals surface area contributed by atoms with Gasteiger partial charge in [0.15, 0.2) is 6.61 Å². The van der Waals surface area contributed by atoms with Gasteiger partial charge in [-0.15, -0.1) is 0 Å². The number of sulfonamides is 1. The van der Waals surface area contributed by atoms with Crippen molar-refractivity contribution in [2.24, 2.45) is 5.14 Å². The maximum atomic E-state index is 11.8. The van der Waals surface area contributed by atoms with E-state index in [4.69, 9.17) is 33.1 Å². The van der Waals surface area contributed by atoms with Crippen LogP contribution in [0, 0.1) is 0 Å². The highest BCUT2D eigenvalue weighted by Gasteiger charge is 2.09. The van der Waals surface area contributed by atoms with Gasteiger partial charge in [0.05, 0.1) is 14.9 Å². The number of amides is 1. The molecule has 0 saturated carbocycles. The van der Waals surface area contributed by atoms with Gasteiger partial charge >= 0.3 is 5.97 Å². The number of benzene rings is 2. The Morgan fingerprint density at radius 2 is 1.78 bits per heavy atom. The summed E-state index contributed by atoms with van der Waals surface area (Å²) in [5, 5.41) is 8.08. The summed E-state index contributed by atoms with van der Waals surface area (Å²) in [6, 6.07) is 10.2. The number of ether oxygens (including phenoxy) is 1. The first kappa shape index (κ1) is 20.9. The number of nitrogens with one attached hydrogen (secondary N) is 1. The van der Waals surface area contributed by atoms with Gasteiger partial charge in [-0.05, 0) is 42.0 Å². The summed E-state index contributed by atoms with van der Waals surface area (Å²) >= 11 is 11.9. The number of hydrogen-bond acceptors (Lipinski definition) is 5. The number of esters is 1. The predicted molar refractivity (Wildman–Crippen MR) is 103 cm³/mol. The summed E-state index contributed by atoms with van der Waals surface area (Å²) in [6.07, 6.45) is 2.53. The lowest BCUT2D eigenvalue weighted by Crippen LogP contribution is -2.20. The largest absolute Gasteiger partial charge is 0.452 e. The van der Waals surface area contributed by atoms with E-state index >= 15 is 0 Å². The van der Waals surface area contributed by atoms with Crippen molar-refractivity contribution < 1.29 is 22.7 Å². The van der Waals surface area contributed by atoms with E-state index < -0.39 is 28.5 Å². The fourth-order valence-corrected chi connectivity index (χ4v) is 2.80. The van der Waals surface area contributed by atoms with Crippen molar-refractivity contribution in [1.82, 2.24) is 0 Å². The van der Waals surface area contributed by atoms with E-state index in [9.17, 15) is 18.0 Å². The molecule has 0 aliphatic rings. The molecule has 0 aliphatic heterocycles. The van der Waals surface area contributed by atoms with Gasteiger partial charge in [-0.1, -0.05) is 35.3 Å². The fourth-order valence-electron chi connectivity index (χ4n) is 1.92. The summed E-state index contributed by atoms with van der Waals surface area (Å²) in [5.41, 5.74) is 0.852. The third-order valence-corrected chi connectivity index (χ3v) is 4.96. The van der Waals surface area contributed by atoms with Crippen LogP contribution in [0.25, 0.3) is 6.08 Å². The molecule has 2 aromatic rings. The Balaban J connectivity index is 1.87. The number of nitrogens with two attached hydrogens (primary N) is 1. The van der Waals surface area contributed by atoms with Gasteiger partial charge in [-0.2, -0.15) is 0 Å². The molecule has 0 radical (unpaired) electrons. The van der Waals surface area contributed by atoms with Crippen molar-refractivity contribution in [1.29, 1.82) is 0 Å². The average Bonchev–Trinajstić information content (AvgIpc) is 2.61. The number of halogens is 2. The lowest BCUT2D eigenvalue weighted by atomic mass is 10.2. The third-order valence-electron chi connectivity index (χ3n) is 3.19. The van der Waals surface area contributed by atoms with Gasteiger partial charge in [-0.25, -0.2) is 18.4 Å². The van der Waals surface area contributed by atoms with Crippen molar-refractivity contribution in [3.05, 3.63) is 64.1 Å². The molecular weight excluding hydrogens is 415 g/mol. The molecule has 10 heteroatoms. The number of carbonyl (C=O) groups excluding carboxylic acids is 2. The Hall–Kier alpha value is -2.39. The number of carbonyl (C=O) groups is 2. The van der Waals surface area contributed by atoms with Crippen molar-refractivity contribution in [2.45, 2.75) is 4.90 Å². The second-order valence-electron chi connectivity index (χ2n) is 5.20. The molecule has 2 aromatic carbocycles. The SMILES string of the molecule is NS(=O)(=O)c1ccc(NC(=O)COC(=O)/C=C/c2cccc(Cl)c2Cl)cc1. The Kier molecular flexibility index (Phi) is 6.98. The summed E-state index contributed by atoms with van der Waals surface area (Å²) in [4.78, 5) is 23.4. The van der Waals surface area contributed by atoms with Crippen LogP contribution in [0.4, 0.5) is 5.69 Å². The van der Waals surface area contributed by atoms with E-state index in [1.165, 1.54) is 30.3 Å². The molecule has 0 spiro atoms. The Labute approximate surface area is 165 Å². The predicted octanol–water partition coefficient (Wildman–Crippen LogP) is 2.84. The van der Waals surface area contributed by atoms with Gasteiger partial charge in [-0.3, -0.25) is 4.79 Å². The van der Waals surface area contributed by atoms with Crippen molar-refractivity contribution in [3.8, 4) is 0 Å². The third kappa shape index (κ3) is 6.37. The molecule has 3 N–H and O–H groups in total. The second-order valence-corrected chi connectivity index (χ2v) is 7.55. The molecule has 0 saturated heterocycles. The Morgan fingerprint density at radius 1 is 1.11 bits per heavy atom.